The molecule has 0 spiro atoms. The van der Waals surface area contributed by atoms with E-state index in [1.807, 2.05) is 0 Å². The molecular formula is C20H12FN5O3. The number of anilines is 1. The first kappa shape index (κ1) is 17.0. The Morgan fingerprint density at radius 1 is 1.03 bits per heavy atom. The van der Waals surface area contributed by atoms with E-state index in [4.69, 9.17) is 0 Å². The normalized spacial score (nSPS) is 13.4. The van der Waals surface area contributed by atoms with Crippen molar-refractivity contribution < 1.29 is 14.0 Å². The van der Waals surface area contributed by atoms with Gasteiger partial charge in [0.05, 0.1) is 39.6 Å². The van der Waals surface area contributed by atoms with Crippen molar-refractivity contribution in [2.45, 2.75) is 6.92 Å². The minimum atomic E-state index is -0.707. The van der Waals surface area contributed by atoms with Crippen LogP contribution in [0.25, 0.3) is 22.4 Å². The highest BCUT2D eigenvalue weighted by Crippen LogP contribution is 2.31. The summed E-state index contributed by atoms with van der Waals surface area (Å²) in [4.78, 5) is 52.3. The maximum Gasteiger partial charge on any atom is 0.266 e. The number of imide groups is 1. The number of aromatic nitrogens is 4. The van der Waals surface area contributed by atoms with Crippen LogP contribution in [0.15, 0.2) is 47.5 Å². The number of aromatic amines is 2. The standard InChI is InChI=1S/C20H12FN5O3/c1-9-4-5-22-18(27)16(9)17-24-13-6-11-12(7-14(13)25-17)20(29)26(19(11)28)10-2-3-15(21)23-8-10/h2-8H,1H3,(H,22,27)(H,24,25). The number of nitrogens with one attached hydrogen (secondary N) is 2. The van der Waals surface area contributed by atoms with Crippen LogP contribution in [-0.2, 0) is 0 Å². The van der Waals surface area contributed by atoms with Gasteiger partial charge in [0.15, 0.2) is 0 Å². The van der Waals surface area contributed by atoms with E-state index < -0.39 is 17.8 Å². The molecule has 1 aliphatic rings. The maximum absolute atomic E-state index is 13.1. The van der Waals surface area contributed by atoms with Gasteiger partial charge in [-0.2, -0.15) is 4.39 Å². The Balaban J connectivity index is 1.63. The number of amides is 2. The molecule has 8 nitrogen and oxygen atoms in total. The molecule has 0 unspecified atom stereocenters. The zero-order valence-corrected chi connectivity index (χ0v) is 15.0. The lowest BCUT2D eigenvalue weighted by Crippen LogP contribution is -2.29. The average Bonchev–Trinajstić information content (AvgIpc) is 3.20. The summed E-state index contributed by atoms with van der Waals surface area (Å²) in [6.45, 7) is 1.79. The molecule has 142 valence electrons. The SMILES string of the molecule is Cc1cc[nH]c(=O)c1-c1nc2cc3c(cc2[nH]1)C(=O)N(c1ccc(F)nc1)C3=O. The van der Waals surface area contributed by atoms with Crippen molar-refractivity contribution in [2.24, 2.45) is 0 Å². The smallest absolute Gasteiger partial charge is 0.266 e. The molecule has 0 saturated carbocycles. The third-order valence-electron chi connectivity index (χ3n) is 4.86. The molecule has 0 saturated heterocycles. The Labute approximate surface area is 162 Å². The van der Waals surface area contributed by atoms with Gasteiger partial charge in [0.2, 0.25) is 5.95 Å². The summed E-state index contributed by atoms with van der Waals surface area (Å²) in [5.41, 5.74) is 2.36. The summed E-state index contributed by atoms with van der Waals surface area (Å²) < 4.78 is 13.1. The van der Waals surface area contributed by atoms with E-state index >= 15 is 0 Å². The van der Waals surface area contributed by atoms with Crippen molar-refractivity contribution in [1.29, 1.82) is 0 Å². The Kier molecular flexibility index (Phi) is 3.47. The predicted molar refractivity (Wildman–Crippen MR) is 102 cm³/mol. The number of fused-ring (bicyclic) bond motifs is 2. The van der Waals surface area contributed by atoms with Gasteiger partial charge in [-0.3, -0.25) is 14.4 Å². The number of hydrogen-bond acceptors (Lipinski definition) is 5. The van der Waals surface area contributed by atoms with E-state index in [0.717, 1.165) is 22.7 Å². The number of carbonyl (C=O) groups is 2. The molecule has 0 aliphatic carbocycles. The van der Waals surface area contributed by atoms with Crippen LogP contribution in [0.1, 0.15) is 26.3 Å². The van der Waals surface area contributed by atoms with E-state index in [1.165, 1.54) is 18.2 Å². The van der Waals surface area contributed by atoms with Crippen LogP contribution < -0.4 is 10.5 Å². The number of hydrogen-bond donors (Lipinski definition) is 2. The molecule has 4 aromatic rings. The average molecular weight is 389 g/mol. The highest BCUT2D eigenvalue weighted by Gasteiger charge is 2.37. The van der Waals surface area contributed by atoms with Crippen molar-refractivity contribution in [3.8, 4) is 11.4 Å². The second-order valence-corrected chi connectivity index (χ2v) is 6.65. The molecule has 2 N–H and O–H groups in total. The van der Waals surface area contributed by atoms with Gasteiger partial charge in [-0.1, -0.05) is 0 Å². The zero-order chi connectivity index (χ0) is 20.3. The molecule has 2 amide bonds. The molecule has 3 aromatic heterocycles. The molecule has 29 heavy (non-hydrogen) atoms. The Hall–Kier alpha value is -4.14. The molecule has 0 atom stereocenters. The van der Waals surface area contributed by atoms with Crippen LogP contribution in [0.4, 0.5) is 10.1 Å². The third-order valence-corrected chi connectivity index (χ3v) is 4.86. The van der Waals surface area contributed by atoms with Crippen molar-refractivity contribution in [3.63, 3.8) is 0 Å². The largest absolute Gasteiger partial charge is 0.338 e. The number of halogens is 1. The monoisotopic (exact) mass is 389 g/mol. The van der Waals surface area contributed by atoms with Crippen LogP contribution in [0.5, 0.6) is 0 Å². The molecular weight excluding hydrogens is 377 g/mol. The highest BCUT2D eigenvalue weighted by atomic mass is 19.1. The van der Waals surface area contributed by atoms with Gasteiger partial charge in [0, 0.05) is 6.20 Å². The number of benzene rings is 1. The second-order valence-electron chi connectivity index (χ2n) is 6.65. The zero-order valence-electron chi connectivity index (χ0n) is 15.0. The fraction of sp³-hybridized carbons (Fsp3) is 0.0500. The molecule has 4 heterocycles. The van der Waals surface area contributed by atoms with Gasteiger partial charge in [0.1, 0.15) is 5.82 Å². The quantitative estimate of drug-likeness (QED) is 0.404. The van der Waals surface area contributed by atoms with Crippen LogP contribution in [0.3, 0.4) is 0 Å². The minimum absolute atomic E-state index is 0.182. The summed E-state index contributed by atoms with van der Waals surface area (Å²) in [6, 6.07) is 7.19. The number of H-pyrrole nitrogens is 2. The molecule has 1 aliphatic heterocycles. The lowest BCUT2D eigenvalue weighted by molar-refractivity contribution is 0.0926. The molecule has 5 rings (SSSR count). The second kappa shape index (κ2) is 5.93. The van der Waals surface area contributed by atoms with E-state index in [1.54, 1.807) is 19.2 Å². The number of aryl methyl sites for hydroxylation is 1. The van der Waals surface area contributed by atoms with Gasteiger partial charge in [0.25, 0.3) is 17.4 Å². The molecule has 0 radical (unpaired) electrons. The Morgan fingerprint density at radius 2 is 1.79 bits per heavy atom. The van der Waals surface area contributed by atoms with E-state index in [9.17, 15) is 18.8 Å². The topological polar surface area (TPSA) is 112 Å². The first-order valence-corrected chi connectivity index (χ1v) is 8.67. The predicted octanol–water partition coefficient (Wildman–Crippen LogP) is 2.56. The molecule has 0 bridgehead atoms. The van der Waals surface area contributed by atoms with Gasteiger partial charge in [-0.15, -0.1) is 0 Å². The fourth-order valence-corrected chi connectivity index (χ4v) is 3.47. The Bertz CT molecular complexity index is 1330. The number of nitrogens with zero attached hydrogens (tertiary/aromatic N) is 3. The maximum atomic E-state index is 13.1. The van der Waals surface area contributed by atoms with E-state index in [-0.39, 0.29) is 22.4 Å². The van der Waals surface area contributed by atoms with Gasteiger partial charge >= 0.3 is 0 Å². The summed E-state index contributed by atoms with van der Waals surface area (Å²) >= 11 is 0. The number of carbonyl (C=O) groups excluding carboxylic acids is 2. The van der Waals surface area contributed by atoms with Crippen LogP contribution in [0, 0.1) is 12.9 Å². The summed E-state index contributed by atoms with van der Waals surface area (Å²) in [5.74, 6) is -1.44. The lowest BCUT2D eigenvalue weighted by atomic mass is 10.1. The third kappa shape index (κ3) is 2.48. The highest BCUT2D eigenvalue weighted by molar-refractivity contribution is 6.35. The Morgan fingerprint density at radius 3 is 2.48 bits per heavy atom. The van der Waals surface area contributed by atoms with Gasteiger partial charge in [-0.05, 0) is 42.8 Å². The van der Waals surface area contributed by atoms with E-state index in [2.05, 4.69) is 19.9 Å². The molecule has 9 heteroatoms. The van der Waals surface area contributed by atoms with Crippen molar-refractivity contribution in [1.82, 2.24) is 19.9 Å². The lowest BCUT2D eigenvalue weighted by Gasteiger charge is -2.12. The van der Waals surface area contributed by atoms with E-state index in [0.29, 0.717) is 22.4 Å². The fourth-order valence-electron chi connectivity index (χ4n) is 3.47. The number of pyridine rings is 2. The molecule has 0 fully saturated rings. The first-order chi connectivity index (χ1) is 13.9. The number of rotatable bonds is 2. The first-order valence-electron chi connectivity index (χ1n) is 8.67. The van der Waals surface area contributed by atoms with Crippen LogP contribution >= 0.6 is 0 Å². The van der Waals surface area contributed by atoms with Crippen molar-refractivity contribution in [3.05, 3.63) is 75.7 Å². The van der Waals surface area contributed by atoms with Gasteiger partial charge < -0.3 is 9.97 Å². The van der Waals surface area contributed by atoms with Crippen molar-refractivity contribution in [2.75, 3.05) is 4.90 Å². The van der Waals surface area contributed by atoms with Crippen molar-refractivity contribution >= 4 is 28.5 Å². The van der Waals surface area contributed by atoms with Gasteiger partial charge in [-0.25, -0.2) is 14.9 Å². The molecule has 1 aromatic carbocycles. The summed E-state index contributed by atoms with van der Waals surface area (Å²) in [5, 5.41) is 0. The summed E-state index contributed by atoms with van der Waals surface area (Å²) in [7, 11) is 0. The van der Waals surface area contributed by atoms with Crippen LogP contribution in [-0.4, -0.2) is 31.8 Å². The number of imidazole rings is 1. The van der Waals surface area contributed by atoms with Crippen LogP contribution in [0.2, 0.25) is 0 Å². The minimum Gasteiger partial charge on any atom is -0.338 e. The summed E-state index contributed by atoms with van der Waals surface area (Å²) in [6.07, 6.45) is 2.68.